The van der Waals surface area contributed by atoms with E-state index in [0.717, 1.165) is 5.75 Å². The Morgan fingerprint density at radius 3 is 2.50 bits per heavy atom. The number of Topliss-reactive ketones (excluding diaryl/α,β-unsaturated/α-hetero) is 1. The molecule has 0 amide bonds. The molecule has 7 heteroatoms. The van der Waals surface area contributed by atoms with Crippen molar-refractivity contribution in [2.45, 2.75) is 6.92 Å². The first-order valence-corrected chi connectivity index (χ1v) is 7.87. The van der Waals surface area contributed by atoms with Gasteiger partial charge in [0.2, 0.25) is 5.88 Å². The molecule has 2 aromatic carbocycles. The van der Waals surface area contributed by atoms with Gasteiger partial charge in [-0.05, 0) is 43.3 Å². The minimum absolute atomic E-state index is 0.0205. The van der Waals surface area contributed by atoms with E-state index in [2.05, 4.69) is 15.3 Å². The smallest absolute Gasteiger partial charge is 0.248 e. The molecule has 0 bridgehead atoms. The van der Waals surface area contributed by atoms with Crippen LogP contribution in [0.2, 0.25) is 0 Å². The molecule has 3 rings (SSSR count). The number of hydrogen-bond donors (Lipinski definition) is 2. The summed E-state index contributed by atoms with van der Waals surface area (Å²) in [6.07, 6.45) is 1.35. The highest BCUT2D eigenvalue weighted by atomic mass is 16.5. The summed E-state index contributed by atoms with van der Waals surface area (Å²) in [5.41, 5.74) is 7.68. The van der Waals surface area contributed by atoms with Crippen LogP contribution in [0, 0.1) is 0 Å². The topological polar surface area (TPSA) is 99.4 Å². The molecule has 0 saturated heterocycles. The van der Waals surface area contributed by atoms with Crippen LogP contribution in [0.1, 0.15) is 17.3 Å². The Balaban J connectivity index is 1.82. The first-order valence-electron chi connectivity index (χ1n) is 7.87. The Morgan fingerprint density at radius 2 is 1.81 bits per heavy atom. The highest BCUT2D eigenvalue weighted by molar-refractivity contribution is 5.95. The molecule has 0 aliphatic rings. The number of carbonyl (C=O) groups excluding carboxylic acids is 1. The van der Waals surface area contributed by atoms with Gasteiger partial charge in [0.25, 0.3) is 0 Å². The number of nitrogens with two attached hydrogens (primary N) is 1. The van der Waals surface area contributed by atoms with Crippen molar-refractivity contribution in [1.82, 2.24) is 9.97 Å². The van der Waals surface area contributed by atoms with E-state index in [1.807, 2.05) is 6.07 Å². The van der Waals surface area contributed by atoms with Gasteiger partial charge in [-0.2, -0.15) is 4.98 Å². The molecule has 0 saturated carbocycles. The van der Waals surface area contributed by atoms with Crippen molar-refractivity contribution < 1.29 is 14.3 Å². The van der Waals surface area contributed by atoms with Crippen LogP contribution in [0.15, 0.2) is 54.9 Å². The van der Waals surface area contributed by atoms with Crippen LogP contribution in [0.3, 0.4) is 0 Å². The fraction of sp³-hybridized carbons (Fsp3) is 0.105. The molecule has 1 heterocycles. The number of carbonyl (C=O) groups is 1. The van der Waals surface area contributed by atoms with Crippen molar-refractivity contribution in [2.24, 2.45) is 0 Å². The minimum atomic E-state index is -0.0205. The van der Waals surface area contributed by atoms with Crippen molar-refractivity contribution >= 4 is 23.0 Å². The van der Waals surface area contributed by atoms with E-state index in [1.165, 1.54) is 13.3 Å². The number of nitrogens with zero attached hydrogens (tertiary/aromatic N) is 2. The molecule has 0 radical (unpaired) electrons. The lowest BCUT2D eigenvalue weighted by Crippen LogP contribution is -2.03. The number of hydrogen-bond acceptors (Lipinski definition) is 7. The van der Waals surface area contributed by atoms with Gasteiger partial charge in [-0.15, -0.1) is 0 Å². The maximum absolute atomic E-state index is 11.5. The Morgan fingerprint density at radius 1 is 1.08 bits per heavy atom. The number of nitrogen functional groups attached to an aromatic ring is 1. The van der Waals surface area contributed by atoms with Gasteiger partial charge in [0, 0.05) is 11.3 Å². The Kier molecular flexibility index (Phi) is 4.98. The SMILES string of the molecule is COc1ccc(Oc2ncnc(Nc3cccc(C(C)=O)c3)c2N)cc1. The normalized spacial score (nSPS) is 10.2. The summed E-state index contributed by atoms with van der Waals surface area (Å²) in [6, 6.07) is 14.1. The summed E-state index contributed by atoms with van der Waals surface area (Å²) >= 11 is 0. The van der Waals surface area contributed by atoms with E-state index < -0.39 is 0 Å². The molecule has 7 nitrogen and oxygen atoms in total. The second-order valence-electron chi connectivity index (χ2n) is 5.48. The number of aromatic nitrogens is 2. The number of benzene rings is 2. The van der Waals surface area contributed by atoms with Gasteiger partial charge in [-0.25, -0.2) is 4.98 Å². The van der Waals surface area contributed by atoms with Crippen molar-refractivity contribution in [1.29, 1.82) is 0 Å². The largest absolute Gasteiger partial charge is 0.497 e. The van der Waals surface area contributed by atoms with E-state index in [-0.39, 0.29) is 17.4 Å². The molecule has 3 N–H and O–H groups in total. The second kappa shape index (κ2) is 7.52. The zero-order valence-corrected chi connectivity index (χ0v) is 14.4. The standard InChI is InChI=1S/C19H18N4O3/c1-12(24)13-4-3-5-14(10-13)23-18-17(20)19(22-11-21-18)26-16-8-6-15(25-2)7-9-16/h3-11H,20H2,1-2H3,(H,21,22,23). The van der Waals surface area contributed by atoms with Crippen LogP contribution in [0.5, 0.6) is 17.4 Å². The highest BCUT2D eigenvalue weighted by Gasteiger charge is 2.11. The number of methoxy groups -OCH3 is 1. The van der Waals surface area contributed by atoms with Crippen LogP contribution in [0.4, 0.5) is 17.2 Å². The number of ketones is 1. The number of nitrogens with one attached hydrogen (secondary N) is 1. The van der Waals surface area contributed by atoms with Crippen LogP contribution in [-0.4, -0.2) is 22.9 Å². The van der Waals surface area contributed by atoms with Crippen molar-refractivity contribution in [3.05, 3.63) is 60.4 Å². The minimum Gasteiger partial charge on any atom is -0.497 e. The lowest BCUT2D eigenvalue weighted by molar-refractivity contribution is 0.101. The molecule has 132 valence electrons. The summed E-state index contributed by atoms with van der Waals surface area (Å²) in [5, 5.41) is 3.08. The third-order valence-electron chi connectivity index (χ3n) is 3.65. The molecule has 26 heavy (non-hydrogen) atoms. The monoisotopic (exact) mass is 350 g/mol. The van der Waals surface area contributed by atoms with Gasteiger partial charge in [0.15, 0.2) is 11.6 Å². The number of anilines is 3. The molecule has 1 aromatic heterocycles. The van der Waals surface area contributed by atoms with E-state index >= 15 is 0 Å². The van der Waals surface area contributed by atoms with Crippen LogP contribution in [0.25, 0.3) is 0 Å². The quantitative estimate of drug-likeness (QED) is 0.652. The van der Waals surface area contributed by atoms with E-state index in [0.29, 0.717) is 22.8 Å². The molecular weight excluding hydrogens is 332 g/mol. The maximum Gasteiger partial charge on any atom is 0.248 e. The third kappa shape index (κ3) is 3.89. The molecule has 0 fully saturated rings. The first-order chi connectivity index (χ1) is 12.6. The van der Waals surface area contributed by atoms with Gasteiger partial charge >= 0.3 is 0 Å². The molecule has 0 aliphatic carbocycles. The predicted octanol–water partition coefficient (Wildman–Crippen LogP) is 3.81. The van der Waals surface area contributed by atoms with Gasteiger partial charge in [0.1, 0.15) is 23.5 Å². The first kappa shape index (κ1) is 17.2. The Labute approximate surface area is 150 Å². The van der Waals surface area contributed by atoms with Crippen molar-refractivity contribution in [3.63, 3.8) is 0 Å². The third-order valence-corrected chi connectivity index (χ3v) is 3.65. The van der Waals surface area contributed by atoms with E-state index in [4.69, 9.17) is 15.2 Å². The zero-order valence-electron chi connectivity index (χ0n) is 14.4. The van der Waals surface area contributed by atoms with E-state index in [1.54, 1.807) is 49.6 Å². The van der Waals surface area contributed by atoms with Gasteiger partial charge in [0.05, 0.1) is 7.11 Å². The fourth-order valence-corrected chi connectivity index (χ4v) is 2.27. The average molecular weight is 350 g/mol. The van der Waals surface area contributed by atoms with Crippen molar-refractivity contribution in [2.75, 3.05) is 18.2 Å². The summed E-state index contributed by atoms with van der Waals surface area (Å²) in [4.78, 5) is 19.7. The molecular formula is C19H18N4O3. The van der Waals surface area contributed by atoms with Crippen LogP contribution < -0.4 is 20.5 Å². The van der Waals surface area contributed by atoms with Crippen LogP contribution in [-0.2, 0) is 0 Å². The summed E-state index contributed by atoms with van der Waals surface area (Å²) in [7, 11) is 1.59. The fourth-order valence-electron chi connectivity index (χ4n) is 2.27. The Bertz CT molecular complexity index is 926. The molecule has 0 spiro atoms. The predicted molar refractivity (Wildman–Crippen MR) is 99.2 cm³/mol. The second-order valence-corrected chi connectivity index (χ2v) is 5.48. The van der Waals surface area contributed by atoms with Gasteiger partial charge < -0.3 is 20.5 Å². The zero-order chi connectivity index (χ0) is 18.5. The lowest BCUT2D eigenvalue weighted by Gasteiger charge is -2.12. The average Bonchev–Trinajstić information content (AvgIpc) is 2.66. The molecule has 0 atom stereocenters. The maximum atomic E-state index is 11.5. The van der Waals surface area contributed by atoms with Gasteiger partial charge in [-0.3, -0.25) is 4.79 Å². The summed E-state index contributed by atoms with van der Waals surface area (Å²) < 4.78 is 10.8. The van der Waals surface area contributed by atoms with Gasteiger partial charge in [-0.1, -0.05) is 12.1 Å². The van der Waals surface area contributed by atoms with Crippen molar-refractivity contribution in [3.8, 4) is 17.4 Å². The Hall–Kier alpha value is -3.61. The molecule has 0 unspecified atom stereocenters. The number of ether oxygens (including phenoxy) is 2. The molecule has 0 aliphatic heterocycles. The lowest BCUT2D eigenvalue weighted by atomic mass is 10.1. The highest BCUT2D eigenvalue weighted by Crippen LogP contribution is 2.31. The summed E-state index contributed by atoms with van der Waals surface area (Å²) in [5.74, 6) is 1.90. The van der Waals surface area contributed by atoms with E-state index in [9.17, 15) is 4.79 Å². The van der Waals surface area contributed by atoms with Crippen LogP contribution >= 0.6 is 0 Å². The summed E-state index contributed by atoms with van der Waals surface area (Å²) in [6.45, 7) is 1.51. The number of rotatable bonds is 6. The molecule has 3 aromatic rings.